The fourth-order valence-corrected chi connectivity index (χ4v) is 2.19. The summed E-state index contributed by atoms with van der Waals surface area (Å²) < 4.78 is 5.95. The van der Waals surface area contributed by atoms with Crippen LogP contribution in [0.2, 0.25) is 0 Å². The first-order chi connectivity index (χ1) is 9.72. The normalized spacial score (nSPS) is 10.7. The molecule has 3 rings (SSSR count). The minimum atomic E-state index is 0.536. The van der Waals surface area contributed by atoms with Gasteiger partial charge in [-0.3, -0.25) is 4.98 Å². The van der Waals surface area contributed by atoms with Gasteiger partial charge in [-0.25, -0.2) is 0 Å². The maximum atomic E-state index is 5.95. The van der Waals surface area contributed by atoms with E-state index in [-0.39, 0.29) is 0 Å². The number of pyridine rings is 1. The Balaban J connectivity index is 1.96. The van der Waals surface area contributed by atoms with Crippen molar-refractivity contribution in [1.29, 1.82) is 0 Å². The number of hydrogen-bond acceptors (Lipinski definition) is 3. The molecule has 3 aromatic rings. The van der Waals surface area contributed by atoms with Crippen LogP contribution < -0.4 is 10.5 Å². The second-order valence-electron chi connectivity index (χ2n) is 4.81. The second-order valence-corrected chi connectivity index (χ2v) is 4.81. The lowest BCUT2D eigenvalue weighted by molar-refractivity contribution is 0.309. The van der Waals surface area contributed by atoms with Gasteiger partial charge >= 0.3 is 0 Å². The molecule has 0 unspecified atom stereocenters. The molecule has 20 heavy (non-hydrogen) atoms. The Kier molecular flexibility index (Phi) is 3.25. The van der Waals surface area contributed by atoms with Gasteiger partial charge in [0, 0.05) is 22.8 Å². The number of anilines is 1. The third-order valence-electron chi connectivity index (χ3n) is 3.16. The van der Waals surface area contributed by atoms with Crippen LogP contribution in [0.1, 0.15) is 11.3 Å². The Morgan fingerprint density at radius 3 is 2.65 bits per heavy atom. The third kappa shape index (κ3) is 2.57. The van der Waals surface area contributed by atoms with E-state index in [0.29, 0.717) is 12.3 Å². The van der Waals surface area contributed by atoms with Crippen molar-refractivity contribution in [3.8, 4) is 5.75 Å². The van der Waals surface area contributed by atoms with E-state index in [1.54, 1.807) is 0 Å². The highest BCUT2D eigenvalue weighted by Gasteiger charge is 2.06. The van der Waals surface area contributed by atoms with Crippen molar-refractivity contribution >= 4 is 16.6 Å². The predicted molar refractivity (Wildman–Crippen MR) is 81.7 cm³/mol. The first-order valence-electron chi connectivity index (χ1n) is 6.56. The van der Waals surface area contributed by atoms with Crippen LogP contribution in [0.15, 0.2) is 54.6 Å². The van der Waals surface area contributed by atoms with Crippen LogP contribution in [0.5, 0.6) is 5.75 Å². The maximum absolute atomic E-state index is 5.95. The number of benzene rings is 2. The highest BCUT2D eigenvalue weighted by atomic mass is 16.5. The Hall–Kier alpha value is -2.55. The van der Waals surface area contributed by atoms with Crippen LogP contribution >= 0.6 is 0 Å². The lowest BCUT2D eigenvalue weighted by atomic mass is 10.1. The van der Waals surface area contributed by atoms with Crippen molar-refractivity contribution in [2.75, 3.05) is 5.73 Å². The van der Waals surface area contributed by atoms with E-state index >= 15 is 0 Å². The third-order valence-corrected chi connectivity index (χ3v) is 3.16. The van der Waals surface area contributed by atoms with Crippen molar-refractivity contribution in [3.05, 3.63) is 65.9 Å². The Bertz CT molecular complexity index is 739. The molecule has 0 bridgehead atoms. The molecule has 0 saturated carbocycles. The van der Waals surface area contributed by atoms with Crippen molar-refractivity contribution in [3.63, 3.8) is 0 Å². The second kappa shape index (κ2) is 5.21. The molecule has 0 fully saturated rings. The molecule has 3 nitrogen and oxygen atoms in total. The molecule has 1 aromatic heterocycles. The number of nitrogens with zero attached hydrogens (tertiary/aromatic N) is 1. The van der Waals surface area contributed by atoms with E-state index in [9.17, 15) is 0 Å². The molecule has 0 aliphatic rings. The summed E-state index contributed by atoms with van der Waals surface area (Å²) in [6.07, 6.45) is 0. The van der Waals surface area contributed by atoms with E-state index in [1.165, 1.54) is 0 Å². The number of aryl methyl sites for hydroxylation is 1. The maximum Gasteiger partial charge on any atom is 0.131 e. The predicted octanol–water partition coefficient (Wildman–Crippen LogP) is 3.70. The van der Waals surface area contributed by atoms with Gasteiger partial charge in [-0.1, -0.05) is 30.3 Å². The van der Waals surface area contributed by atoms with Crippen LogP contribution in [0.4, 0.5) is 5.69 Å². The van der Waals surface area contributed by atoms with Gasteiger partial charge in [0.25, 0.3) is 0 Å². The minimum absolute atomic E-state index is 0.536. The molecular weight excluding hydrogens is 248 g/mol. The van der Waals surface area contributed by atoms with Gasteiger partial charge in [0.15, 0.2) is 0 Å². The molecule has 2 N–H and O–H groups in total. The lowest BCUT2D eigenvalue weighted by Gasteiger charge is -2.11. The molecule has 0 aliphatic carbocycles. The van der Waals surface area contributed by atoms with Crippen molar-refractivity contribution in [1.82, 2.24) is 4.98 Å². The van der Waals surface area contributed by atoms with Crippen molar-refractivity contribution < 1.29 is 4.74 Å². The fourth-order valence-electron chi connectivity index (χ4n) is 2.19. The Labute approximate surface area is 118 Å². The zero-order chi connectivity index (χ0) is 13.9. The van der Waals surface area contributed by atoms with Gasteiger partial charge in [-0.05, 0) is 30.7 Å². The molecule has 0 radical (unpaired) electrons. The number of nitrogens with two attached hydrogens (primary N) is 1. The quantitative estimate of drug-likeness (QED) is 0.734. The van der Waals surface area contributed by atoms with Crippen LogP contribution in [0.3, 0.4) is 0 Å². The first-order valence-corrected chi connectivity index (χ1v) is 6.56. The monoisotopic (exact) mass is 264 g/mol. The highest BCUT2D eigenvalue weighted by molar-refractivity contribution is 5.87. The summed E-state index contributed by atoms with van der Waals surface area (Å²) in [5.74, 6) is 0.823. The van der Waals surface area contributed by atoms with Gasteiger partial charge in [0.05, 0.1) is 5.52 Å². The van der Waals surface area contributed by atoms with Gasteiger partial charge in [0.1, 0.15) is 12.4 Å². The summed E-state index contributed by atoms with van der Waals surface area (Å²) in [4.78, 5) is 4.50. The topological polar surface area (TPSA) is 48.1 Å². The molecule has 0 atom stereocenters. The summed E-state index contributed by atoms with van der Waals surface area (Å²) in [7, 11) is 0. The summed E-state index contributed by atoms with van der Waals surface area (Å²) in [6, 6.07) is 17.7. The summed E-state index contributed by atoms with van der Waals surface area (Å²) in [5.41, 5.74) is 9.55. The highest BCUT2D eigenvalue weighted by Crippen LogP contribution is 2.27. The molecular formula is C17H16N2O. The lowest BCUT2D eigenvalue weighted by Crippen LogP contribution is -1.98. The summed E-state index contributed by atoms with van der Waals surface area (Å²) in [5, 5.41) is 0.950. The molecule has 0 amide bonds. The largest absolute Gasteiger partial charge is 0.488 e. The number of fused-ring (bicyclic) bond motifs is 1. The fraction of sp³-hybridized carbons (Fsp3) is 0.118. The first kappa shape index (κ1) is 12.5. The number of nitrogen functional groups attached to an aromatic ring is 1. The average Bonchev–Trinajstić information content (AvgIpc) is 2.46. The van der Waals surface area contributed by atoms with E-state index in [2.05, 4.69) is 4.98 Å². The minimum Gasteiger partial charge on any atom is -0.488 e. The molecule has 0 spiro atoms. The smallest absolute Gasteiger partial charge is 0.131 e. The van der Waals surface area contributed by atoms with E-state index in [0.717, 1.165) is 27.9 Å². The Morgan fingerprint density at radius 2 is 1.85 bits per heavy atom. The zero-order valence-electron chi connectivity index (χ0n) is 11.3. The van der Waals surface area contributed by atoms with Gasteiger partial charge < -0.3 is 10.5 Å². The molecule has 100 valence electrons. The average molecular weight is 264 g/mol. The number of hydrogen-bond donors (Lipinski definition) is 1. The van der Waals surface area contributed by atoms with Gasteiger partial charge in [-0.2, -0.15) is 0 Å². The molecule has 2 aromatic carbocycles. The summed E-state index contributed by atoms with van der Waals surface area (Å²) >= 11 is 0. The molecule has 1 heterocycles. The van der Waals surface area contributed by atoms with E-state index < -0.39 is 0 Å². The van der Waals surface area contributed by atoms with E-state index in [4.69, 9.17) is 10.5 Å². The van der Waals surface area contributed by atoms with Crippen LogP contribution in [-0.4, -0.2) is 4.98 Å². The van der Waals surface area contributed by atoms with Gasteiger partial charge in [0.2, 0.25) is 0 Å². The summed E-state index contributed by atoms with van der Waals surface area (Å²) in [6.45, 7) is 2.50. The van der Waals surface area contributed by atoms with Crippen LogP contribution in [0.25, 0.3) is 10.9 Å². The van der Waals surface area contributed by atoms with Crippen LogP contribution in [-0.2, 0) is 6.61 Å². The SMILES string of the molecule is Cc1cc(OCc2ccccc2)c2cc(N)ccc2n1. The standard InChI is InChI=1S/C17H16N2O/c1-12-9-17(20-11-13-5-3-2-4-6-13)15-10-14(18)7-8-16(15)19-12/h2-10H,11,18H2,1H3. The van der Waals surface area contributed by atoms with Crippen molar-refractivity contribution in [2.45, 2.75) is 13.5 Å². The zero-order valence-corrected chi connectivity index (χ0v) is 11.3. The number of aromatic nitrogens is 1. The number of rotatable bonds is 3. The molecule has 0 aliphatic heterocycles. The number of ether oxygens (including phenoxy) is 1. The molecule has 3 heteroatoms. The molecule has 0 saturated heterocycles. The van der Waals surface area contributed by atoms with Crippen molar-refractivity contribution in [2.24, 2.45) is 0 Å². The van der Waals surface area contributed by atoms with Gasteiger partial charge in [-0.15, -0.1) is 0 Å². The van der Waals surface area contributed by atoms with E-state index in [1.807, 2.05) is 61.5 Å². The Morgan fingerprint density at radius 1 is 1.05 bits per heavy atom. The van der Waals surface area contributed by atoms with Crippen LogP contribution in [0, 0.1) is 6.92 Å².